The molecule has 0 unspecified atom stereocenters. The molecular formula is C14H16N4O. The van der Waals surface area contributed by atoms with Gasteiger partial charge in [0.05, 0.1) is 17.4 Å². The molecule has 0 radical (unpaired) electrons. The molecule has 3 heterocycles. The summed E-state index contributed by atoms with van der Waals surface area (Å²) >= 11 is 0. The third-order valence-corrected chi connectivity index (χ3v) is 3.45. The van der Waals surface area contributed by atoms with Crippen molar-refractivity contribution in [3.63, 3.8) is 0 Å². The van der Waals surface area contributed by atoms with Crippen LogP contribution in [0.2, 0.25) is 0 Å². The van der Waals surface area contributed by atoms with E-state index in [9.17, 15) is 4.79 Å². The first-order valence-corrected chi connectivity index (χ1v) is 6.50. The molecule has 0 amide bonds. The van der Waals surface area contributed by atoms with Crippen molar-refractivity contribution in [1.82, 2.24) is 15.2 Å². The molecule has 5 heteroatoms. The molecule has 0 aromatic carbocycles. The van der Waals surface area contributed by atoms with Crippen molar-refractivity contribution in [3.05, 3.63) is 40.6 Å². The summed E-state index contributed by atoms with van der Waals surface area (Å²) in [5, 5.41) is 6.46. The number of rotatable bonds is 2. The molecule has 0 saturated carbocycles. The van der Waals surface area contributed by atoms with Crippen LogP contribution < -0.4 is 10.5 Å². The van der Waals surface area contributed by atoms with Crippen LogP contribution in [0.1, 0.15) is 18.4 Å². The van der Waals surface area contributed by atoms with Gasteiger partial charge in [0.2, 0.25) is 0 Å². The maximum Gasteiger partial charge on any atom is 0.274 e. The Hall–Kier alpha value is -2.17. The van der Waals surface area contributed by atoms with Crippen LogP contribution in [0.5, 0.6) is 0 Å². The number of nitrogens with zero attached hydrogens (tertiary/aromatic N) is 3. The maximum atomic E-state index is 12.1. The fourth-order valence-corrected chi connectivity index (χ4v) is 2.56. The second-order valence-electron chi connectivity index (χ2n) is 4.90. The predicted octanol–water partition coefficient (Wildman–Crippen LogP) is 1.74. The number of aromatic nitrogens is 3. The van der Waals surface area contributed by atoms with Crippen molar-refractivity contribution in [2.24, 2.45) is 0 Å². The van der Waals surface area contributed by atoms with Crippen molar-refractivity contribution in [2.75, 3.05) is 18.0 Å². The average molecular weight is 256 g/mol. The summed E-state index contributed by atoms with van der Waals surface area (Å²) in [4.78, 5) is 18.5. The SMILES string of the molecule is Cc1cncc(-c2c(N3CCCC3)cn[nH]c2=O)c1. The normalized spacial score (nSPS) is 14.9. The lowest BCUT2D eigenvalue weighted by atomic mass is 10.1. The molecule has 0 atom stereocenters. The summed E-state index contributed by atoms with van der Waals surface area (Å²) in [7, 11) is 0. The highest BCUT2D eigenvalue weighted by Gasteiger charge is 2.19. The Bertz CT molecular complexity index is 644. The standard InChI is InChI=1S/C14H16N4O/c1-10-6-11(8-15-7-10)13-12(9-16-17-14(13)19)18-4-2-3-5-18/h6-9H,2-5H2,1H3,(H,17,19). The Morgan fingerprint density at radius 2 is 2.00 bits per heavy atom. The topological polar surface area (TPSA) is 61.9 Å². The third kappa shape index (κ3) is 2.23. The molecule has 2 aromatic rings. The molecule has 98 valence electrons. The third-order valence-electron chi connectivity index (χ3n) is 3.45. The molecule has 1 aliphatic rings. The molecular weight excluding hydrogens is 240 g/mol. The summed E-state index contributed by atoms with van der Waals surface area (Å²) in [6.45, 7) is 3.94. The van der Waals surface area contributed by atoms with Gasteiger partial charge in [-0.25, -0.2) is 5.10 Å². The van der Waals surface area contributed by atoms with Gasteiger partial charge in [-0.15, -0.1) is 0 Å². The number of aromatic amines is 1. The molecule has 1 aliphatic heterocycles. The van der Waals surface area contributed by atoms with Gasteiger partial charge in [0.25, 0.3) is 5.56 Å². The summed E-state index contributed by atoms with van der Waals surface area (Å²) < 4.78 is 0. The van der Waals surface area contributed by atoms with Crippen LogP contribution in [0, 0.1) is 6.92 Å². The van der Waals surface area contributed by atoms with E-state index in [0.29, 0.717) is 5.56 Å². The molecule has 3 rings (SSSR count). The van der Waals surface area contributed by atoms with Gasteiger partial charge in [-0.05, 0) is 31.4 Å². The first-order valence-electron chi connectivity index (χ1n) is 6.50. The highest BCUT2D eigenvalue weighted by Crippen LogP contribution is 2.28. The van der Waals surface area contributed by atoms with E-state index in [1.54, 1.807) is 18.6 Å². The average Bonchev–Trinajstić information content (AvgIpc) is 2.92. The van der Waals surface area contributed by atoms with Crippen LogP contribution in [0.3, 0.4) is 0 Å². The monoisotopic (exact) mass is 256 g/mol. The van der Waals surface area contributed by atoms with Gasteiger partial charge in [0.15, 0.2) is 0 Å². The van der Waals surface area contributed by atoms with Gasteiger partial charge in [-0.1, -0.05) is 0 Å². The summed E-state index contributed by atoms with van der Waals surface area (Å²) in [6.07, 6.45) is 7.59. The first kappa shape index (κ1) is 11.9. The van der Waals surface area contributed by atoms with E-state index in [4.69, 9.17) is 0 Å². The largest absolute Gasteiger partial charge is 0.370 e. The van der Waals surface area contributed by atoms with E-state index in [-0.39, 0.29) is 5.56 Å². The zero-order chi connectivity index (χ0) is 13.2. The van der Waals surface area contributed by atoms with E-state index in [2.05, 4.69) is 20.1 Å². The van der Waals surface area contributed by atoms with E-state index in [1.807, 2.05) is 13.0 Å². The van der Waals surface area contributed by atoms with Crippen LogP contribution in [-0.4, -0.2) is 28.3 Å². The van der Waals surface area contributed by atoms with Crippen molar-refractivity contribution in [1.29, 1.82) is 0 Å². The molecule has 1 N–H and O–H groups in total. The first-order chi connectivity index (χ1) is 9.25. The van der Waals surface area contributed by atoms with Gasteiger partial charge in [-0.2, -0.15) is 5.10 Å². The number of pyridine rings is 1. The minimum Gasteiger partial charge on any atom is -0.370 e. The minimum atomic E-state index is -0.156. The molecule has 2 aromatic heterocycles. The van der Waals surface area contributed by atoms with Crippen molar-refractivity contribution in [3.8, 4) is 11.1 Å². The van der Waals surface area contributed by atoms with Gasteiger partial charge in [-0.3, -0.25) is 9.78 Å². The second kappa shape index (κ2) is 4.84. The van der Waals surface area contributed by atoms with Crippen LogP contribution in [0.25, 0.3) is 11.1 Å². The maximum absolute atomic E-state index is 12.1. The van der Waals surface area contributed by atoms with Gasteiger partial charge in [0, 0.05) is 31.0 Å². The number of anilines is 1. The van der Waals surface area contributed by atoms with E-state index < -0.39 is 0 Å². The minimum absolute atomic E-state index is 0.156. The summed E-state index contributed by atoms with van der Waals surface area (Å²) in [5.74, 6) is 0. The Morgan fingerprint density at radius 1 is 1.21 bits per heavy atom. The Kier molecular flexibility index (Phi) is 3.03. The van der Waals surface area contributed by atoms with Crippen molar-refractivity contribution >= 4 is 5.69 Å². The number of hydrogen-bond donors (Lipinski definition) is 1. The Labute approximate surface area is 111 Å². The van der Waals surface area contributed by atoms with Crippen LogP contribution in [0.4, 0.5) is 5.69 Å². The molecule has 1 saturated heterocycles. The zero-order valence-electron chi connectivity index (χ0n) is 10.9. The highest BCUT2D eigenvalue weighted by atomic mass is 16.1. The molecule has 0 spiro atoms. The van der Waals surface area contributed by atoms with Crippen LogP contribution in [-0.2, 0) is 0 Å². The molecule has 5 nitrogen and oxygen atoms in total. The van der Waals surface area contributed by atoms with Gasteiger partial charge >= 0.3 is 0 Å². The fraction of sp³-hybridized carbons (Fsp3) is 0.357. The van der Waals surface area contributed by atoms with E-state index in [0.717, 1.165) is 42.7 Å². The second-order valence-corrected chi connectivity index (χ2v) is 4.90. The number of nitrogens with one attached hydrogen (secondary N) is 1. The zero-order valence-corrected chi connectivity index (χ0v) is 10.9. The Balaban J connectivity index is 2.16. The highest BCUT2D eigenvalue weighted by molar-refractivity contribution is 5.77. The lowest BCUT2D eigenvalue weighted by Gasteiger charge is -2.19. The van der Waals surface area contributed by atoms with Crippen LogP contribution in [0.15, 0.2) is 29.5 Å². The smallest absolute Gasteiger partial charge is 0.274 e. The quantitative estimate of drug-likeness (QED) is 0.889. The van der Waals surface area contributed by atoms with Gasteiger partial charge in [0.1, 0.15) is 0 Å². The van der Waals surface area contributed by atoms with Crippen molar-refractivity contribution in [2.45, 2.75) is 19.8 Å². The number of aryl methyl sites for hydroxylation is 1. The molecule has 1 fully saturated rings. The fourth-order valence-electron chi connectivity index (χ4n) is 2.56. The van der Waals surface area contributed by atoms with E-state index >= 15 is 0 Å². The summed E-state index contributed by atoms with van der Waals surface area (Å²) in [6, 6.07) is 1.98. The van der Waals surface area contributed by atoms with Crippen LogP contribution >= 0.6 is 0 Å². The van der Waals surface area contributed by atoms with E-state index in [1.165, 1.54) is 0 Å². The number of hydrogen-bond acceptors (Lipinski definition) is 4. The molecule has 19 heavy (non-hydrogen) atoms. The van der Waals surface area contributed by atoms with Crippen molar-refractivity contribution < 1.29 is 0 Å². The Morgan fingerprint density at radius 3 is 2.74 bits per heavy atom. The lowest BCUT2D eigenvalue weighted by molar-refractivity contribution is 0.924. The molecule has 0 bridgehead atoms. The number of H-pyrrole nitrogens is 1. The lowest BCUT2D eigenvalue weighted by Crippen LogP contribution is -2.23. The molecule has 0 aliphatic carbocycles. The predicted molar refractivity (Wildman–Crippen MR) is 74.3 cm³/mol. The summed E-state index contributed by atoms with van der Waals surface area (Å²) in [5.41, 5.74) is 3.32. The van der Waals surface area contributed by atoms with Gasteiger partial charge < -0.3 is 4.90 Å².